The number of rotatable bonds is 5. The molecule has 0 bridgehead atoms. The molecule has 0 aliphatic heterocycles. The van der Waals surface area contributed by atoms with Crippen molar-refractivity contribution in [2.24, 2.45) is 0 Å². The Kier molecular flexibility index (Phi) is 4.91. The topological polar surface area (TPSA) is 51.6 Å². The maximum Gasteiger partial charge on any atom is 0.176 e. The molecule has 2 aromatic rings. The van der Waals surface area contributed by atoms with E-state index in [1.165, 1.54) is 29.6 Å². The van der Waals surface area contributed by atoms with Crippen LogP contribution in [-0.2, 0) is 12.8 Å². The van der Waals surface area contributed by atoms with Crippen LogP contribution in [0.25, 0.3) is 0 Å². The highest BCUT2D eigenvalue weighted by atomic mass is 35.5. The Bertz CT molecular complexity index is 530. The molecule has 7 heteroatoms. The van der Waals surface area contributed by atoms with Gasteiger partial charge >= 0.3 is 0 Å². The van der Waals surface area contributed by atoms with Crippen molar-refractivity contribution in [1.29, 1.82) is 0 Å². The van der Waals surface area contributed by atoms with Gasteiger partial charge in [0.1, 0.15) is 22.3 Å². The highest BCUT2D eigenvalue weighted by Crippen LogP contribution is 2.32. The van der Waals surface area contributed by atoms with Crippen LogP contribution in [0, 0.1) is 0 Å². The van der Waals surface area contributed by atoms with Gasteiger partial charge in [0.25, 0.3) is 0 Å². The van der Waals surface area contributed by atoms with Crippen molar-refractivity contribution in [2.45, 2.75) is 42.5 Å². The maximum absolute atomic E-state index is 6.11. The van der Waals surface area contributed by atoms with Gasteiger partial charge in [-0.2, -0.15) is 4.37 Å². The molecule has 0 aliphatic carbocycles. The van der Waals surface area contributed by atoms with Crippen LogP contribution in [0.5, 0.6) is 0 Å². The lowest BCUT2D eigenvalue weighted by molar-refractivity contribution is 0.855. The fraction of sp³-hybridized carbons (Fsp3) is 0.455. The van der Waals surface area contributed by atoms with Crippen molar-refractivity contribution in [3.63, 3.8) is 0 Å². The van der Waals surface area contributed by atoms with Crippen LogP contribution in [0.3, 0.4) is 0 Å². The summed E-state index contributed by atoms with van der Waals surface area (Å²) in [5, 5.41) is 1.42. The van der Waals surface area contributed by atoms with E-state index in [2.05, 4.69) is 26.2 Å². The molecule has 96 valence electrons. The Hall–Kier alpha value is -0.720. The summed E-state index contributed by atoms with van der Waals surface area (Å²) in [5.41, 5.74) is 1.000. The number of halogens is 1. The first-order chi connectivity index (χ1) is 8.74. The van der Waals surface area contributed by atoms with Crippen molar-refractivity contribution in [3.05, 3.63) is 22.9 Å². The number of hydrogen-bond donors (Lipinski definition) is 0. The van der Waals surface area contributed by atoms with Gasteiger partial charge in [-0.25, -0.2) is 15.0 Å². The second-order valence-electron chi connectivity index (χ2n) is 3.63. The second kappa shape index (κ2) is 6.45. The molecule has 0 saturated heterocycles. The summed E-state index contributed by atoms with van der Waals surface area (Å²) in [7, 11) is 0. The maximum atomic E-state index is 6.11. The molecule has 4 nitrogen and oxygen atoms in total. The lowest BCUT2D eigenvalue weighted by Gasteiger charge is -2.06. The van der Waals surface area contributed by atoms with Crippen LogP contribution in [0.15, 0.2) is 15.7 Å². The molecule has 2 rings (SSSR count). The molecule has 0 atom stereocenters. The van der Waals surface area contributed by atoms with E-state index in [1.54, 1.807) is 0 Å². The molecule has 0 fully saturated rings. The van der Waals surface area contributed by atoms with E-state index in [-0.39, 0.29) is 0 Å². The summed E-state index contributed by atoms with van der Waals surface area (Å²) >= 11 is 9.02. The van der Waals surface area contributed by atoms with E-state index >= 15 is 0 Å². The third-order valence-corrected chi connectivity index (χ3v) is 4.46. The molecular formula is C11H13ClN4S2. The molecular weight excluding hydrogens is 288 g/mol. The van der Waals surface area contributed by atoms with Crippen molar-refractivity contribution < 1.29 is 0 Å². The molecule has 0 aliphatic rings. The second-order valence-corrected chi connectivity index (χ2v) is 5.98. The van der Waals surface area contributed by atoms with Gasteiger partial charge in [-0.3, -0.25) is 0 Å². The largest absolute Gasteiger partial charge is 0.229 e. The van der Waals surface area contributed by atoms with E-state index in [9.17, 15) is 0 Å². The lowest BCUT2D eigenvalue weighted by atomic mass is 10.2. The fourth-order valence-corrected chi connectivity index (χ4v) is 3.45. The molecule has 2 heterocycles. The first-order valence-corrected chi connectivity index (χ1v) is 7.71. The monoisotopic (exact) mass is 300 g/mol. The summed E-state index contributed by atoms with van der Waals surface area (Å²) in [6, 6.07) is 0. The van der Waals surface area contributed by atoms with Crippen molar-refractivity contribution >= 4 is 34.9 Å². The Morgan fingerprint density at radius 3 is 2.83 bits per heavy atom. The van der Waals surface area contributed by atoms with Gasteiger partial charge in [0, 0.05) is 12.0 Å². The Balaban J connectivity index is 2.25. The van der Waals surface area contributed by atoms with E-state index in [0.717, 1.165) is 40.0 Å². The van der Waals surface area contributed by atoms with Gasteiger partial charge in [-0.1, -0.05) is 31.9 Å². The quantitative estimate of drug-likeness (QED) is 0.789. The molecule has 0 N–H and O–H groups in total. The summed E-state index contributed by atoms with van der Waals surface area (Å²) in [6.07, 6.45) is 4.23. The first-order valence-electron chi connectivity index (χ1n) is 5.74. The Morgan fingerprint density at radius 2 is 2.17 bits per heavy atom. The zero-order valence-electron chi connectivity index (χ0n) is 10.2. The summed E-state index contributed by atoms with van der Waals surface area (Å²) in [6.45, 7) is 4.15. The van der Waals surface area contributed by atoms with Crippen LogP contribution in [0.2, 0.25) is 5.15 Å². The molecule has 0 aromatic carbocycles. The van der Waals surface area contributed by atoms with Gasteiger partial charge < -0.3 is 0 Å². The number of nitrogens with zero attached hydrogens (tertiary/aromatic N) is 4. The zero-order valence-corrected chi connectivity index (χ0v) is 12.6. The number of aromatic nitrogens is 4. The summed E-state index contributed by atoms with van der Waals surface area (Å²) in [4.78, 5) is 12.7. The Labute approximate surface area is 119 Å². The van der Waals surface area contributed by atoms with Crippen molar-refractivity contribution in [3.8, 4) is 0 Å². The van der Waals surface area contributed by atoms with Gasteiger partial charge in [-0.15, -0.1) is 0 Å². The van der Waals surface area contributed by atoms with Crippen LogP contribution < -0.4 is 0 Å². The molecule has 18 heavy (non-hydrogen) atoms. The van der Waals surface area contributed by atoms with Gasteiger partial charge in [0.15, 0.2) is 4.34 Å². The molecule has 0 spiro atoms. The highest BCUT2D eigenvalue weighted by Gasteiger charge is 2.13. The summed E-state index contributed by atoms with van der Waals surface area (Å²) < 4.78 is 5.16. The average molecular weight is 301 g/mol. The molecule has 0 amide bonds. The molecule has 2 aromatic heterocycles. The minimum absolute atomic E-state index is 0.537. The third-order valence-electron chi connectivity index (χ3n) is 2.30. The smallest absolute Gasteiger partial charge is 0.176 e. The zero-order chi connectivity index (χ0) is 13.0. The van der Waals surface area contributed by atoms with E-state index < -0.39 is 0 Å². The van der Waals surface area contributed by atoms with Gasteiger partial charge in [0.05, 0.1) is 0 Å². The third kappa shape index (κ3) is 3.18. The van der Waals surface area contributed by atoms with Crippen LogP contribution >= 0.6 is 34.9 Å². The van der Waals surface area contributed by atoms with Crippen molar-refractivity contribution in [2.75, 3.05) is 0 Å². The van der Waals surface area contributed by atoms with Crippen LogP contribution in [0.4, 0.5) is 0 Å². The normalized spacial score (nSPS) is 10.8. The first kappa shape index (κ1) is 13.7. The van der Waals surface area contributed by atoms with E-state index in [1.807, 2.05) is 6.92 Å². The predicted molar refractivity (Wildman–Crippen MR) is 74.4 cm³/mol. The van der Waals surface area contributed by atoms with Crippen molar-refractivity contribution in [1.82, 2.24) is 19.3 Å². The van der Waals surface area contributed by atoms with E-state index in [4.69, 9.17) is 11.6 Å². The SMILES string of the molecule is CCCc1c(Cl)ncnc1Sc1nc(CC)ns1. The minimum Gasteiger partial charge on any atom is -0.229 e. The van der Waals surface area contributed by atoms with E-state index in [0.29, 0.717) is 5.15 Å². The van der Waals surface area contributed by atoms with Gasteiger partial charge in [-0.05, 0) is 29.7 Å². The standard InChI is InChI=1S/C11H13ClN4S2/c1-3-5-7-9(12)13-6-14-10(7)17-11-15-8(4-2)16-18-11/h6H,3-5H2,1-2H3. The molecule has 0 radical (unpaired) electrons. The average Bonchev–Trinajstić information content (AvgIpc) is 2.81. The van der Waals surface area contributed by atoms with Crippen LogP contribution in [-0.4, -0.2) is 19.3 Å². The fourth-order valence-electron chi connectivity index (χ4n) is 1.43. The van der Waals surface area contributed by atoms with Crippen LogP contribution in [0.1, 0.15) is 31.7 Å². The summed E-state index contributed by atoms with van der Waals surface area (Å²) in [5.74, 6) is 0.875. The Morgan fingerprint density at radius 1 is 1.33 bits per heavy atom. The number of aryl methyl sites for hydroxylation is 1. The minimum atomic E-state index is 0.537. The lowest BCUT2D eigenvalue weighted by Crippen LogP contribution is -1.95. The molecule has 0 unspecified atom stereocenters. The number of hydrogen-bond acceptors (Lipinski definition) is 6. The highest BCUT2D eigenvalue weighted by molar-refractivity contribution is 8.00. The predicted octanol–water partition coefficient (Wildman–Crippen LogP) is 3.65. The molecule has 0 saturated carbocycles. The van der Waals surface area contributed by atoms with Gasteiger partial charge in [0.2, 0.25) is 0 Å².